The maximum absolute atomic E-state index is 4.12. The molecule has 0 atom stereocenters. The van der Waals surface area contributed by atoms with E-state index in [4.69, 9.17) is 0 Å². The lowest BCUT2D eigenvalue weighted by molar-refractivity contribution is 0.812. The van der Waals surface area contributed by atoms with E-state index in [0.29, 0.717) is 0 Å². The minimum atomic E-state index is 0. The molecule has 0 N–H and O–H groups in total. The summed E-state index contributed by atoms with van der Waals surface area (Å²) in [6.07, 6.45) is 0. The van der Waals surface area contributed by atoms with Gasteiger partial charge in [-0.15, -0.1) is 0 Å². The van der Waals surface area contributed by atoms with Crippen LogP contribution in [0.15, 0.2) is 0 Å². The molecule has 0 aromatic heterocycles. The SMILES string of the molecule is C.CC(C)(C)S. The van der Waals surface area contributed by atoms with Crippen LogP contribution in [0.3, 0.4) is 0 Å². The van der Waals surface area contributed by atoms with E-state index in [-0.39, 0.29) is 12.2 Å². The van der Waals surface area contributed by atoms with Gasteiger partial charge in [-0.25, -0.2) is 0 Å². The predicted molar refractivity (Wildman–Crippen MR) is 35.5 cm³/mol. The molecule has 0 unspecified atom stereocenters. The van der Waals surface area contributed by atoms with Gasteiger partial charge in [-0.3, -0.25) is 0 Å². The Balaban J connectivity index is 0. The van der Waals surface area contributed by atoms with E-state index in [1.807, 2.05) is 0 Å². The first-order valence-electron chi connectivity index (χ1n) is 1.72. The summed E-state index contributed by atoms with van der Waals surface area (Å²) in [6, 6.07) is 0. The second-order valence-corrected chi connectivity index (χ2v) is 3.51. The van der Waals surface area contributed by atoms with Gasteiger partial charge in [0.15, 0.2) is 0 Å². The molecule has 0 amide bonds. The third-order valence-electron chi connectivity index (χ3n) is 0. The lowest BCUT2D eigenvalue weighted by Crippen LogP contribution is -1.99. The largest absolute Gasteiger partial charge is 0.173 e. The Labute approximate surface area is 46.4 Å². The first-order valence-corrected chi connectivity index (χ1v) is 2.17. The summed E-state index contributed by atoms with van der Waals surface area (Å²) in [5.41, 5.74) is 0. The van der Waals surface area contributed by atoms with Gasteiger partial charge in [0.2, 0.25) is 0 Å². The number of hydrogen-bond donors (Lipinski definition) is 1. The summed E-state index contributed by atoms with van der Waals surface area (Å²) in [5, 5.41) is 0. The van der Waals surface area contributed by atoms with Crippen LogP contribution in [-0.4, -0.2) is 4.75 Å². The quantitative estimate of drug-likeness (QED) is 0.450. The zero-order valence-corrected chi connectivity index (χ0v) is 4.84. The van der Waals surface area contributed by atoms with Crippen LogP contribution in [0.4, 0.5) is 0 Å². The zero-order chi connectivity index (χ0) is 4.50. The van der Waals surface area contributed by atoms with Crippen molar-refractivity contribution in [2.45, 2.75) is 32.9 Å². The van der Waals surface area contributed by atoms with Gasteiger partial charge in [-0.05, 0) is 0 Å². The molecule has 0 radical (unpaired) electrons. The Morgan fingerprint density at radius 1 is 1.17 bits per heavy atom. The summed E-state index contributed by atoms with van der Waals surface area (Å²) >= 11 is 4.12. The van der Waals surface area contributed by atoms with Gasteiger partial charge in [-0.1, -0.05) is 28.2 Å². The van der Waals surface area contributed by atoms with Crippen molar-refractivity contribution in [3.63, 3.8) is 0 Å². The maximum atomic E-state index is 4.12. The van der Waals surface area contributed by atoms with Crippen LogP contribution in [0.25, 0.3) is 0 Å². The molecule has 0 aliphatic rings. The van der Waals surface area contributed by atoms with Crippen LogP contribution in [0, 0.1) is 0 Å². The van der Waals surface area contributed by atoms with Gasteiger partial charge in [0.25, 0.3) is 0 Å². The highest BCUT2D eigenvalue weighted by molar-refractivity contribution is 7.81. The smallest absolute Gasteiger partial charge is 0.00449 e. The van der Waals surface area contributed by atoms with Gasteiger partial charge in [0.05, 0.1) is 0 Å². The maximum Gasteiger partial charge on any atom is 0.00449 e. The molecule has 0 aliphatic carbocycles. The van der Waals surface area contributed by atoms with E-state index in [0.717, 1.165) is 0 Å². The van der Waals surface area contributed by atoms with Crippen molar-refractivity contribution in [3.8, 4) is 0 Å². The lowest BCUT2D eigenvalue weighted by Gasteiger charge is -2.04. The highest BCUT2D eigenvalue weighted by Crippen LogP contribution is 2.07. The highest BCUT2D eigenvalue weighted by atomic mass is 32.1. The van der Waals surface area contributed by atoms with Crippen LogP contribution in [0.5, 0.6) is 0 Å². The van der Waals surface area contributed by atoms with E-state index in [9.17, 15) is 0 Å². The first-order chi connectivity index (χ1) is 2.00. The summed E-state index contributed by atoms with van der Waals surface area (Å²) in [7, 11) is 0. The van der Waals surface area contributed by atoms with Gasteiger partial charge < -0.3 is 0 Å². The fourth-order valence-electron chi connectivity index (χ4n) is 0. The van der Waals surface area contributed by atoms with Crippen LogP contribution >= 0.6 is 12.6 Å². The normalized spacial score (nSPS) is 10.0. The molecule has 40 valence electrons. The molecular formula is C5H14S. The average Bonchev–Trinajstić information content (AvgIpc) is 0.722. The summed E-state index contributed by atoms with van der Waals surface area (Å²) in [4.78, 5) is 0. The van der Waals surface area contributed by atoms with Crippen molar-refractivity contribution < 1.29 is 0 Å². The third-order valence-corrected chi connectivity index (χ3v) is 0. The van der Waals surface area contributed by atoms with Crippen molar-refractivity contribution >= 4 is 12.6 Å². The minimum absolute atomic E-state index is 0. The molecule has 6 heavy (non-hydrogen) atoms. The monoisotopic (exact) mass is 106 g/mol. The summed E-state index contributed by atoms with van der Waals surface area (Å²) in [6.45, 7) is 6.16. The molecule has 0 rings (SSSR count). The molecule has 0 spiro atoms. The molecule has 0 nitrogen and oxygen atoms in total. The molecule has 0 bridgehead atoms. The van der Waals surface area contributed by atoms with E-state index in [2.05, 4.69) is 33.4 Å². The van der Waals surface area contributed by atoms with Crippen molar-refractivity contribution in [2.75, 3.05) is 0 Å². The fourth-order valence-corrected chi connectivity index (χ4v) is 0. The van der Waals surface area contributed by atoms with Gasteiger partial charge in [-0.2, -0.15) is 12.6 Å². The van der Waals surface area contributed by atoms with Crippen molar-refractivity contribution in [2.24, 2.45) is 0 Å². The van der Waals surface area contributed by atoms with Crippen molar-refractivity contribution in [1.29, 1.82) is 0 Å². The molecule has 0 aromatic carbocycles. The predicted octanol–water partition coefficient (Wildman–Crippen LogP) is 2.35. The number of thiol groups is 1. The van der Waals surface area contributed by atoms with Crippen molar-refractivity contribution in [3.05, 3.63) is 0 Å². The Kier molecular flexibility index (Phi) is 4.02. The van der Waals surface area contributed by atoms with E-state index >= 15 is 0 Å². The Hall–Kier alpha value is 0.350. The van der Waals surface area contributed by atoms with Crippen LogP contribution in [0.2, 0.25) is 0 Å². The minimum Gasteiger partial charge on any atom is -0.173 e. The third kappa shape index (κ3) is 399. The second-order valence-electron chi connectivity index (χ2n) is 2.17. The summed E-state index contributed by atoms with van der Waals surface area (Å²) in [5.74, 6) is 0. The zero-order valence-electron chi connectivity index (χ0n) is 3.95. The standard InChI is InChI=1S/C4H10S.CH4/c1-4(2,3)5;/h5H,1-3H3;1H4. The molecule has 0 saturated heterocycles. The number of rotatable bonds is 0. The first kappa shape index (κ1) is 9.61. The molecule has 1 heteroatoms. The van der Waals surface area contributed by atoms with Crippen LogP contribution < -0.4 is 0 Å². The van der Waals surface area contributed by atoms with Crippen LogP contribution in [-0.2, 0) is 0 Å². The number of hydrogen-bond acceptors (Lipinski definition) is 1. The topological polar surface area (TPSA) is 0 Å². The molecule has 0 aromatic rings. The van der Waals surface area contributed by atoms with Gasteiger partial charge in [0.1, 0.15) is 0 Å². The van der Waals surface area contributed by atoms with E-state index in [1.165, 1.54) is 0 Å². The molecule has 0 saturated carbocycles. The Bertz CT molecular complexity index is 19.4. The van der Waals surface area contributed by atoms with E-state index < -0.39 is 0 Å². The Morgan fingerprint density at radius 2 is 1.17 bits per heavy atom. The molecule has 0 heterocycles. The molecular weight excluding hydrogens is 92.1 g/mol. The van der Waals surface area contributed by atoms with E-state index in [1.54, 1.807) is 0 Å². The summed E-state index contributed by atoms with van der Waals surface area (Å²) < 4.78 is 0.194. The second kappa shape index (κ2) is 2.51. The molecule has 0 fully saturated rings. The fraction of sp³-hybridized carbons (Fsp3) is 1.00. The van der Waals surface area contributed by atoms with Crippen molar-refractivity contribution in [1.82, 2.24) is 0 Å². The Morgan fingerprint density at radius 3 is 1.17 bits per heavy atom. The molecule has 0 aliphatic heterocycles. The van der Waals surface area contributed by atoms with Gasteiger partial charge in [0, 0.05) is 4.75 Å². The lowest BCUT2D eigenvalue weighted by atomic mass is 10.3. The average molecular weight is 106 g/mol. The van der Waals surface area contributed by atoms with Gasteiger partial charge >= 0.3 is 0 Å². The highest BCUT2D eigenvalue weighted by Gasteiger charge is 1.96. The van der Waals surface area contributed by atoms with Crippen LogP contribution in [0.1, 0.15) is 28.2 Å².